The Morgan fingerprint density at radius 1 is 1.00 bits per heavy atom. The number of amides is 1. The maximum atomic E-state index is 12.6. The molecule has 0 aliphatic heterocycles. The maximum Gasteiger partial charge on any atom is 0.416 e. The van der Waals surface area contributed by atoms with E-state index < -0.39 is 11.7 Å². The summed E-state index contributed by atoms with van der Waals surface area (Å²) >= 11 is 0. The Morgan fingerprint density at radius 3 is 2.04 bits per heavy atom. The molecule has 0 spiro atoms. The Hall–Kier alpha value is -3.09. The summed E-state index contributed by atoms with van der Waals surface area (Å²) in [6.45, 7) is 0. The summed E-state index contributed by atoms with van der Waals surface area (Å²) in [4.78, 5) is 12.2. The van der Waals surface area contributed by atoms with Gasteiger partial charge in [0.25, 0.3) is 12.2 Å². The number of hydrogen-bond donors (Lipinski definition) is 1. The molecule has 2 aromatic carbocycles. The first-order valence-corrected chi connectivity index (χ1v) is 8.41. The zero-order chi connectivity index (χ0) is 19.4. The number of alkyl halides is 3. The first kappa shape index (κ1) is 18.7. The van der Waals surface area contributed by atoms with Crippen LogP contribution >= 0.6 is 0 Å². The number of benzene rings is 2. The van der Waals surface area contributed by atoms with Gasteiger partial charge in [-0.15, -0.1) is 4.68 Å². The highest BCUT2D eigenvalue weighted by Crippen LogP contribution is 2.29. The lowest BCUT2D eigenvalue weighted by molar-refractivity contribution is -0.670. The second-order valence-corrected chi connectivity index (χ2v) is 6.32. The minimum absolute atomic E-state index is 0.222. The number of carbonyl (C=O) groups is 1. The fourth-order valence-corrected chi connectivity index (χ4v) is 2.67. The van der Waals surface area contributed by atoms with E-state index in [1.54, 1.807) is 29.3 Å². The molecule has 1 N–H and O–H groups in total. The van der Waals surface area contributed by atoms with Crippen LogP contribution in [0.4, 0.5) is 13.2 Å². The molecular weight excluding hydrogens is 355 g/mol. The van der Waals surface area contributed by atoms with Gasteiger partial charge in [0.2, 0.25) is 0 Å². The van der Waals surface area contributed by atoms with Gasteiger partial charge in [-0.3, -0.25) is 4.79 Å². The molecule has 1 heterocycles. The minimum atomic E-state index is -4.31. The number of halogens is 3. The van der Waals surface area contributed by atoms with E-state index >= 15 is 0 Å². The first-order valence-electron chi connectivity index (χ1n) is 8.41. The third kappa shape index (κ3) is 4.97. The highest BCUT2D eigenvalue weighted by Gasteiger charge is 2.29. The van der Waals surface area contributed by atoms with Crippen LogP contribution in [-0.4, -0.2) is 10.6 Å². The predicted octanol–water partition coefficient (Wildman–Crippen LogP) is 3.50. The van der Waals surface area contributed by atoms with Crippen LogP contribution in [0.5, 0.6) is 0 Å². The lowest BCUT2D eigenvalue weighted by Crippen LogP contribution is -2.27. The molecule has 3 rings (SSSR count). The Labute approximate surface area is 154 Å². The molecule has 0 aliphatic rings. The van der Waals surface area contributed by atoms with Crippen molar-refractivity contribution in [2.45, 2.75) is 19.0 Å². The van der Waals surface area contributed by atoms with Gasteiger partial charge in [0, 0.05) is 5.56 Å². The molecule has 0 bridgehead atoms. The lowest BCUT2D eigenvalue weighted by Gasteiger charge is -2.08. The summed E-state index contributed by atoms with van der Waals surface area (Å²) in [5, 5.41) is 0. The fraction of sp³-hybridized carbons (Fsp3) is 0.200. The van der Waals surface area contributed by atoms with Crippen LogP contribution in [0.1, 0.15) is 27.0 Å². The number of rotatable bonds is 5. The molecule has 4 nitrogen and oxygen atoms in total. The Bertz CT molecular complexity index is 913. The number of nitrogens with one attached hydrogen (secondary N) is 1. The minimum Gasteiger partial charge on any atom is -0.266 e. The monoisotopic (exact) mass is 374 g/mol. The van der Waals surface area contributed by atoms with E-state index in [0.29, 0.717) is 18.4 Å². The van der Waals surface area contributed by atoms with Gasteiger partial charge < -0.3 is 0 Å². The van der Waals surface area contributed by atoms with Crippen LogP contribution < -0.4 is 9.99 Å². The number of aromatic nitrogens is 2. The second-order valence-electron chi connectivity index (χ2n) is 6.32. The largest absolute Gasteiger partial charge is 0.416 e. The summed E-state index contributed by atoms with van der Waals surface area (Å²) < 4.78 is 41.1. The summed E-state index contributed by atoms with van der Waals surface area (Å²) in [6, 6.07) is 12.4. The molecule has 0 radical (unpaired) electrons. The van der Waals surface area contributed by atoms with Gasteiger partial charge in [-0.05, 0) is 48.2 Å². The molecule has 0 saturated carbocycles. The summed E-state index contributed by atoms with van der Waals surface area (Å²) in [5.41, 5.74) is 4.48. The molecule has 1 aromatic heterocycles. The van der Waals surface area contributed by atoms with Crippen molar-refractivity contribution in [1.82, 2.24) is 4.68 Å². The lowest BCUT2D eigenvalue weighted by atomic mass is 10.0. The van der Waals surface area contributed by atoms with E-state index in [9.17, 15) is 18.0 Å². The normalized spacial score (nSPS) is 11.4. The molecule has 0 saturated heterocycles. The summed E-state index contributed by atoms with van der Waals surface area (Å²) in [7, 11) is 1.86. The summed E-state index contributed by atoms with van der Waals surface area (Å²) in [5.74, 6) is -0.222. The molecular formula is C20H19F3N3O+. The third-order valence-electron chi connectivity index (χ3n) is 4.20. The Morgan fingerprint density at radius 2 is 1.56 bits per heavy atom. The highest BCUT2D eigenvalue weighted by molar-refractivity contribution is 5.99. The van der Waals surface area contributed by atoms with Gasteiger partial charge in [0.05, 0.1) is 12.6 Å². The van der Waals surface area contributed by atoms with Crippen LogP contribution in [-0.2, 0) is 26.1 Å². The van der Waals surface area contributed by atoms with Gasteiger partial charge in [-0.2, -0.15) is 18.6 Å². The number of hydrogen-bond acceptors (Lipinski definition) is 1. The van der Waals surface area contributed by atoms with E-state index in [1.807, 2.05) is 29.9 Å². The number of imidazole rings is 1. The average Bonchev–Trinajstić information content (AvgIpc) is 3.04. The average molecular weight is 374 g/mol. The van der Waals surface area contributed by atoms with E-state index in [2.05, 4.69) is 5.43 Å². The van der Waals surface area contributed by atoms with Gasteiger partial charge in [-0.1, -0.05) is 24.3 Å². The molecule has 3 aromatic rings. The molecule has 27 heavy (non-hydrogen) atoms. The number of aryl methyl sites for hydroxylation is 3. The smallest absolute Gasteiger partial charge is 0.266 e. The van der Waals surface area contributed by atoms with Crippen molar-refractivity contribution in [3.8, 4) is 0 Å². The second kappa shape index (κ2) is 7.65. The molecule has 1 amide bonds. The van der Waals surface area contributed by atoms with Gasteiger partial charge in [0.15, 0.2) is 6.20 Å². The van der Waals surface area contributed by atoms with Crippen molar-refractivity contribution < 1.29 is 22.5 Å². The fourth-order valence-electron chi connectivity index (χ4n) is 2.67. The molecule has 0 atom stereocenters. The van der Waals surface area contributed by atoms with Crippen molar-refractivity contribution in [2.24, 2.45) is 7.05 Å². The third-order valence-corrected chi connectivity index (χ3v) is 4.20. The number of carbonyl (C=O) groups excluding carboxylic acids is 1. The van der Waals surface area contributed by atoms with Crippen LogP contribution in [0.25, 0.3) is 0 Å². The van der Waals surface area contributed by atoms with Crippen LogP contribution in [0.15, 0.2) is 67.3 Å². The van der Waals surface area contributed by atoms with E-state index in [0.717, 1.165) is 23.3 Å². The van der Waals surface area contributed by atoms with E-state index in [1.165, 1.54) is 12.1 Å². The Kier molecular flexibility index (Phi) is 5.30. The molecule has 0 unspecified atom stereocenters. The maximum absolute atomic E-state index is 12.6. The van der Waals surface area contributed by atoms with Crippen molar-refractivity contribution in [3.05, 3.63) is 89.5 Å². The van der Waals surface area contributed by atoms with Gasteiger partial charge in [-0.25, -0.2) is 4.57 Å². The van der Waals surface area contributed by atoms with Crippen LogP contribution in [0.2, 0.25) is 0 Å². The number of nitrogens with zero attached hydrogens (tertiary/aromatic N) is 2. The zero-order valence-corrected chi connectivity index (χ0v) is 14.7. The summed E-state index contributed by atoms with van der Waals surface area (Å²) in [6.07, 6.45) is 2.27. The van der Waals surface area contributed by atoms with Crippen LogP contribution in [0.3, 0.4) is 0 Å². The van der Waals surface area contributed by atoms with Crippen molar-refractivity contribution in [3.63, 3.8) is 0 Å². The van der Waals surface area contributed by atoms with Crippen molar-refractivity contribution in [1.29, 1.82) is 0 Å². The topological polar surface area (TPSA) is 37.9 Å². The quantitative estimate of drug-likeness (QED) is 0.682. The van der Waals surface area contributed by atoms with Crippen molar-refractivity contribution >= 4 is 5.91 Å². The molecule has 0 aliphatic carbocycles. The predicted molar refractivity (Wildman–Crippen MR) is 94.6 cm³/mol. The highest BCUT2D eigenvalue weighted by atomic mass is 19.4. The Balaban J connectivity index is 1.56. The van der Waals surface area contributed by atoms with E-state index in [-0.39, 0.29) is 5.91 Å². The zero-order valence-electron chi connectivity index (χ0n) is 14.7. The standard InChI is InChI=1S/C20H18F3N3O/c1-25-12-13-26(14-25)24-19(27)17-8-4-15(5-9-17)2-3-16-6-10-18(11-7-16)20(21,22)23/h4-14H,2-3H2,1H3/p+1. The van der Waals surface area contributed by atoms with Gasteiger partial charge >= 0.3 is 6.18 Å². The molecule has 7 heteroatoms. The molecule has 140 valence electrons. The van der Waals surface area contributed by atoms with E-state index in [4.69, 9.17) is 0 Å². The molecule has 0 fully saturated rings. The van der Waals surface area contributed by atoms with Crippen molar-refractivity contribution in [2.75, 3.05) is 5.43 Å². The van der Waals surface area contributed by atoms with Crippen LogP contribution in [0, 0.1) is 0 Å². The van der Waals surface area contributed by atoms with Gasteiger partial charge in [0.1, 0.15) is 6.20 Å². The SMILES string of the molecule is C[n+]1ccn(NC(=O)c2ccc(CCc3ccc(C(F)(F)F)cc3)cc2)c1. The first-order chi connectivity index (χ1) is 12.8.